The number of carbonyl (C=O) groups is 2. The maximum absolute atomic E-state index is 12.4. The second-order valence-electron chi connectivity index (χ2n) is 6.38. The van der Waals surface area contributed by atoms with Crippen LogP contribution in [0.5, 0.6) is 0 Å². The van der Waals surface area contributed by atoms with E-state index in [0.29, 0.717) is 16.9 Å². The number of ketones is 1. The summed E-state index contributed by atoms with van der Waals surface area (Å²) in [4.78, 5) is 23.8. The van der Waals surface area contributed by atoms with Crippen molar-refractivity contribution in [3.63, 3.8) is 0 Å². The highest BCUT2D eigenvalue weighted by Gasteiger charge is 2.21. The molecule has 1 heterocycles. The minimum absolute atomic E-state index is 0.0355. The first-order valence-corrected chi connectivity index (χ1v) is 7.15. The number of aryl methyl sites for hydroxylation is 1. The van der Waals surface area contributed by atoms with E-state index in [1.807, 2.05) is 20.8 Å². The zero-order chi connectivity index (χ0) is 16.5. The highest BCUT2D eigenvalue weighted by Crippen LogP contribution is 2.22. The minimum atomic E-state index is -0.244. The van der Waals surface area contributed by atoms with Crippen LogP contribution in [0, 0.1) is 0 Å². The van der Waals surface area contributed by atoms with Crippen LogP contribution in [0.4, 0.5) is 5.69 Å². The number of rotatable bonds is 3. The molecule has 1 amide bonds. The molecule has 5 heteroatoms. The van der Waals surface area contributed by atoms with E-state index in [4.69, 9.17) is 0 Å². The van der Waals surface area contributed by atoms with E-state index in [-0.39, 0.29) is 17.1 Å². The number of carbonyl (C=O) groups excluding carboxylic acids is 2. The van der Waals surface area contributed by atoms with Gasteiger partial charge in [-0.05, 0) is 25.1 Å². The maximum Gasteiger partial charge on any atom is 0.273 e. The van der Waals surface area contributed by atoms with Gasteiger partial charge in [0.05, 0.1) is 5.69 Å². The molecule has 0 spiro atoms. The summed E-state index contributed by atoms with van der Waals surface area (Å²) in [7, 11) is 1.75. The van der Waals surface area contributed by atoms with Gasteiger partial charge in [-0.1, -0.05) is 32.9 Å². The Bertz CT molecular complexity index is 724. The van der Waals surface area contributed by atoms with Gasteiger partial charge in [-0.25, -0.2) is 0 Å². The number of benzene rings is 1. The van der Waals surface area contributed by atoms with Crippen LogP contribution in [0.2, 0.25) is 0 Å². The molecule has 0 aliphatic heterocycles. The number of amides is 1. The van der Waals surface area contributed by atoms with Crippen molar-refractivity contribution >= 4 is 17.4 Å². The molecule has 116 valence electrons. The SMILES string of the molecule is CC(=O)c1cccc(NC(=O)c2cc(C(C)(C)C)nn2C)c1. The zero-order valence-electron chi connectivity index (χ0n) is 13.6. The predicted octanol–water partition coefficient (Wildman–Crippen LogP) is 3.17. The average Bonchev–Trinajstić information content (AvgIpc) is 2.81. The van der Waals surface area contributed by atoms with E-state index in [2.05, 4.69) is 10.4 Å². The molecule has 0 fully saturated rings. The van der Waals surface area contributed by atoms with E-state index in [1.165, 1.54) is 6.92 Å². The summed E-state index contributed by atoms with van der Waals surface area (Å²) in [6.07, 6.45) is 0. The average molecular weight is 299 g/mol. The summed E-state index contributed by atoms with van der Waals surface area (Å²) in [5, 5.41) is 7.20. The van der Waals surface area contributed by atoms with Crippen molar-refractivity contribution in [2.75, 3.05) is 5.32 Å². The van der Waals surface area contributed by atoms with E-state index in [9.17, 15) is 9.59 Å². The molecule has 5 nitrogen and oxygen atoms in total. The predicted molar refractivity (Wildman–Crippen MR) is 86.3 cm³/mol. The second-order valence-corrected chi connectivity index (χ2v) is 6.38. The van der Waals surface area contributed by atoms with Crippen molar-refractivity contribution in [1.29, 1.82) is 0 Å². The largest absolute Gasteiger partial charge is 0.321 e. The standard InChI is InChI=1S/C17H21N3O2/c1-11(21)12-7-6-8-13(9-12)18-16(22)14-10-15(17(2,3)4)19-20(14)5/h6-10H,1-5H3,(H,18,22). The van der Waals surface area contributed by atoms with Gasteiger partial charge in [0, 0.05) is 23.7 Å². The molecular formula is C17H21N3O2. The molecule has 0 saturated heterocycles. The Morgan fingerprint density at radius 1 is 1.18 bits per heavy atom. The maximum atomic E-state index is 12.4. The van der Waals surface area contributed by atoms with E-state index >= 15 is 0 Å². The molecule has 2 rings (SSSR count). The van der Waals surface area contributed by atoms with Crippen LogP contribution in [0.1, 0.15) is 54.2 Å². The summed E-state index contributed by atoms with van der Waals surface area (Å²) >= 11 is 0. The molecular weight excluding hydrogens is 278 g/mol. The molecule has 0 radical (unpaired) electrons. The Balaban J connectivity index is 2.25. The van der Waals surface area contributed by atoms with Crippen molar-refractivity contribution in [2.45, 2.75) is 33.1 Å². The molecule has 0 bridgehead atoms. The molecule has 0 aliphatic carbocycles. The Hall–Kier alpha value is -2.43. The Morgan fingerprint density at radius 2 is 1.86 bits per heavy atom. The van der Waals surface area contributed by atoms with Crippen molar-refractivity contribution in [3.05, 3.63) is 47.3 Å². The van der Waals surface area contributed by atoms with Gasteiger partial charge in [0.1, 0.15) is 5.69 Å². The third kappa shape index (κ3) is 3.42. The van der Waals surface area contributed by atoms with E-state index in [1.54, 1.807) is 42.1 Å². The smallest absolute Gasteiger partial charge is 0.273 e. The Labute approximate surface area is 130 Å². The monoisotopic (exact) mass is 299 g/mol. The normalized spacial score (nSPS) is 11.3. The third-order valence-corrected chi connectivity index (χ3v) is 3.41. The van der Waals surface area contributed by atoms with Gasteiger partial charge in [-0.3, -0.25) is 14.3 Å². The lowest BCUT2D eigenvalue weighted by atomic mass is 9.92. The van der Waals surface area contributed by atoms with Gasteiger partial charge in [0.2, 0.25) is 0 Å². The van der Waals surface area contributed by atoms with Gasteiger partial charge in [-0.2, -0.15) is 5.10 Å². The fraction of sp³-hybridized carbons (Fsp3) is 0.353. The molecule has 0 atom stereocenters. The summed E-state index contributed by atoms with van der Waals surface area (Å²) < 4.78 is 1.57. The first-order chi connectivity index (χ1) is 10.2. The zero-order valence-corrected chi connectivity index (χ0v) is 13.6. The van der Waals surface area contributed by atoms with Crippen LogP contribution in [-0.2, 0) is 12.5 Å². The highest BCUT2D eigenvalue weighted by atomic mass is 16.2. The Kier molecular flexibility index (Phi) is 4.17. The number of nitrogens with zero attached hydrogens (tertiary/aromatic N) is 2. The minimum Gasteiger partial charge on any atom is -0.321 e. The number of nitrogens with one attached hydrogen (secondary N) is 1. The summed E-state index contributed by atoms with van der Waals surface area (Å²) in [6.45, 7) is 7.64. The van der Waals surface area contributed by atoms with Gasteiger partial charge >= 0.3 is 0 Å². The molecule has 1 aromatic heterocycles. The topological polar surface area (TPSA) is 64.0 Å². The number of aromatic nitrogens is 2. The second kappa shape index (κ2) is 5.75. The molecule has 0 unspecified atom stereocenters. The van der Waals surface area contributed by atoms with Gasteiger partial charge < -0.3 is 5.32 Å². The van der Waals surface area contributed by atoms with E-state index in [0.717, 1.165) is 5.69 Å². The lowest BCUT2D eigenvalue weighted by Crippen LogP contribution is -2.16. The van der Waals surface area contributed by atoms with Crippen LogP contribution in [0.15, 0.2) is 30.3 Å². The highest BCUT2D eigenvalue weighted by molar-refractivity contribution is 6.04. The van der Waals surface area contributed by atoms with Gasteiger partial charge in [0.15, 0.2) is 5.78 Å². The molecule has 0 aliphatic rings. The quantitative estimate of drug-likeness (QED) is 0.885. The number of hydrogen-bond acceptors (Lipinski definition) is 3. The van der Waals surface area contributed by atoms with Crippen LogP contribution >= 0.6 is 0 Å². The van der Waals surface area contributed by atoms with Crippen molar-refractivity contribution in [3.8, 4) is 0 Å². The van der Waals surface area contributed by atoms with Crippen molar-refractivity contribution in [2.24, 2.45) is 7.05 Å². The first kappa shape index (κ1) is 15.9. The summed E-state index contributed by atoms with van der Waals surface area (Å²) in [5.74, 6) is -0.280. The third-order valence-electron chi connectivity index (χ3n) is 3.41. The fourth-order valence-electron chi connectivity index (χ4n) is 2.06. The van der Waals surface area contributed by atoms with Crippen LogP contribution in [0.25, 0.3) is 0 Å². The van der Waals surface area contributed by atoms with Crippen LogP contribution in [0.3, 0.4) is 0 Å². The number of anilines is 1. The Morgan fingerprint density at radius 3 is 2.41 bits per heavy atom. The fourth-order valence-corrected chi connectivity index (χ4v) is 2.06. The molecule has 0 saturated carbocycles. The van der Waals surface area contributed by atoms with Crippen molar-refractivity contribution < 1.29 is 9.59 Å². The lowest BCUT2D eigenvalue weighted by molar-refractivity contribution is 0.100. The van der Waals surface area contributed by atoms with E-state index < -0.39 is 0 Å². The van der Waals surface area contributed by atoms with Gasteiger partial charge in [0.25, 0.3) is 5.91 Å². The number of hydrogen-bond donors (Lipinski definition) is 1. The molecule has 22 heavy (non-hydrogen) atoms. The molecule has 2 aromatic rings. The molecule has 1 aromatic carbocycles. The van der Waals surface area contributed by atoms with Gasteiger partial charge in [-0.15, -0.1) is 0 Å². The van der Waals surface area contributed by atoms with Crippen molar-refractivity contribution in [1.82, 2.24) is 9.78 Å². The summed E-state index contributed by atoms with van der Waals surface area (Å²) in [6, 6.07) is 8.69. The number of Topliss-reactive ketones (excluding diaryl/α,β-unsaturated/α-hetero) is 1. The lowest BCUT2D eigenvalue weighted by Gasteiger charge is -2.13. The van der Waals surface area contributed by atoms with Crippen LogP contribution in [-0.4, -0.2) is 21.5 Å². The summed E-state index contributed by atoms with van der Waals surface area (Å²) in [5.41, 5.74) is 2.38. The first-order valence-electron chi connectivity index (χ1n) is 7.15. The molecule has 1 N–H and O–H groups in total. The van der Waals surface area contributed by atoms with Crippen LogP contribution < -0.4 is 5.32 Å².